The molecule has 1 aliphatic rings. The van der Waals surface area contributed by atoms with E-state index in [1.807, 2.05) is 66.7 Å². The lowest BCUT2D eigenvalue weighted by atomic mass is 9.95. The lowest BCUT2D eigenvalue weighted by molar-refractivity contribution is -0.161. The van der Waals surface area contributed by atoms with E-state index in [-0.39, 0.29) is 24.2 Å². The third-order valence-electron chi connectivity index (χ3n) is 10.5. The minimum Gasteiger partial charge on any atom is -0.542 e. The third-order valence-corrected chi connectivity index (χ3v) is 17.3. The lowest BCUT2D eigenvalue weighted by Gasteiger charge is -2.42. The van der Waals surface area contributed by atoms with Crippen molar-refractivity contribution in [3.05, 3.63) is 39.0 Å². The monoisotopic (exact) mass is 883 g/mol. The van der Waals surface area contributed by atoms with Crippen molar-refractivity contribution in [3.63, 3.8) is 0 Å². The largest absolute Gasteiger partial charge is 0.542 e. The number of hydrogen-bond acceptors (Lipinski definition) is 7. The Hall–Kier alpha value is -2.45. The third kappa shape index (κ3) is 13.1. The van der Waals surface area contributed by atoms with Gasteiger partial charge in [0.1, 0.15) is 17.8 Å². The van der Waals surface area contributed by atoms with Gasteiger partial charge in [-0.3, -0.25) is 14.4 Å². The van der Waals surface area contributed by atoms with E-state index in [1.165, 1.54) is 4.90 Å². The van der Waals surface area contributed by atoms with Gasteiger partial charge in [-0.05, 0) is 124 Å². The molecule has 7 atom stereocenters. The molecule has 1 unspecified atom stereocenters. The average Bonchev–Trinajstić information content (AvgIpc) is 3.02. The number of benzene rings is 1. The van der Waals surface area contributed by atoms with Crippen molar-refractivity contribution >= 4 is 54.6 Å². The Morgan fingerprint density at radius 1 is 0.926 bits per heavy atom. The maximum Gasteiger partial charge on any atom is 0.331 e. The van der Waals surface area contributed by atoms with E-state index < -0.39 is 62.0 Å². The molecule has 0 bridgehead atoms. The highest BCUT2D eigenvalue weighted by Crippen LogP contribution is 2.43. The SMILES string of the molecule is C/C1=C/[C@H](C)C[C@H](C)OC(=O)[C@H]([C@@H](C)OC(C)(C)C)NC(=O)[C@@H](Cc2ccc(O[Si](C(C)C)(C(C)C)C(C)C)c(I)c2)N(C)C(=O)[C@H](C)NC(=O)C(C)C1. The summed E-state index contributed by atoms with van der Waals surface area (Å²) in [5, 5.41) is 5.81. The summed E-state index contributed by atoms with van der Waals surface area (Å²) < 4.78 is 20.1. The maximum atomic E-state index is 14.5. The summed E-state index contributed by atoms with van der Waals surface area (Å²) in [4.78, 5) is 57.0. The van der Waals surface area contributed by atoms with E-state index in [2.05, 4.69) is 80.8 Å². The first-order valence-corrected chi connectivity index (χ1v) is 22.9. The van der Waals surface area contributed by atoms with Gasteiger partial charge in [0.25, 0.3) is 8.32 Å². The van der Waals surface area contributed by atoms with Crippen LogP contribution in [0.5, 0.6) is 5.75 Å². The molecule has 1 heterocycles. The predicted molar refractivity (Wildman–Crippen MR) is 228 cm³/mol. The van der Waals surface area contributed by atoms with Gasteiger partial charge >= 0.3 is 5.97 Å². The Bertz CT molecular complexity index is 1470. The standard InChI is InChI=1S/C42H70IN3O7Si/c1-24(2)54(25(3)4,26(5)6)53-36-18-17-33(22-34(36)43)23-35-39(48)45-37(32(12)52-42(13,14)15)41(50)51-30(10)21-28(8)19-27(7)20-29(9)38(47)44-31(11)40(49)46(35)16/h17-19,22,24-26,28-32,35,37H,20-21,23H2,1-16H3,(H,44,47)(H,45,48)/b27-19-/t28-,29?,30-,31-,32+,35+,37-/m0/s1. The second-order valence-corrected chi connectivity index (χ2v) is 24.1. The summed E-state index contributed by atoms with van der Waals surface area (Å²) in [6, 6.07) is 2.82. The molecular formula is C42H70IN3O7Si. The molecule has 2 rings (SSSR count). The summed E-state index contributed by atoms with van der Waals surface area (Å²) in [7, 11) is -0.669. The summed E-state index contributed by atoms with van der Waals surface area (Å²) in [6.45, 7) is 30.2. The molecule has 1 aromatic rings. The van der Waals surface area contributed by atoms with Gasteiger partial charge in [0, 0.05) is 19.4 Å². The van der Waals surface area contributed by atoms with Gasteiger partial charge in [0.05, 0.1) is 21.4 Å². The highest BCUT2D eigenvalue weighted by molar-refractivity contribution is 14.1. The fourth-order valence-corrected chi connectivity index (χ4v) is 14.3. The number of carbonyl (C=O) groups excluding carboxylic acids is 4. The van der Waals surface area contributed by atoms with Crippen LogP contribution in [0.4, 0.5) is 0 Å². The number of ether oxygens (including phenoxy) is 2. The normalized spacial score (nSPS) is 26.4. The molecule has 54 heavy (non-hydrogen) atoms. The first-order valence-electron chi connectivity index (χ1n) is 19.7. The number of nitrogens with zero attached hydrogens (tertiary/aromatic N) is 1. The quantitative estimate of drug-likeness (QED) is 0.111. The van der Waals surface area contributed by atoms with Crippen LogP contribution in [0.1, 0.15) is 122 Å². The molecule has 3 amide bonds. The van der Waals surface area contributed by atoms with E-state index >= 15 is 0 Å². The second-order valence-electron chi connectivity index (χ2n) is 17.6. The Morgan fingerprint density at radius 3 is 2.02 bits per heavy atom. The Labute approximate surface area is 340 Å². The van der Waals surface area contributed by atoms with Crippen LogP contribution in [-0.2, 0) is 35.1 Å². The van der Waals surface area contributed by atoms with Crippen LogP contribution in [0, 0.1) is 15.4 Å². The first-order chi connectivity index (χ1) is 24.8. The number of likely N-dealkylation sites (N-methyl/N-ethyl adjacent to an activating group) is 1. The van der Waals surface area contributed by atoms with E-state index in [1.54, 1.807) is 20.9 Å². The van der Waals surface area contributed by atoms with E-state index in [0.29, 0.717) is 29.5 Å². The Balaban J connectivity index is 2.65. The molecule has 0 aromatic heterocycles. The minimum absolute atomic E-state index is 0.0660. The Morgan fingerprint density at radius 2 is 1.50 bits per heavy atom. The molecule has 2 N–H and O–H groups in total. The predicted octanol–water partition coefficient (Wildman–Crippen LogP) is 8.35. The molecule has 0 saturated heterocycles. The van der Waals surface area contributed by atoms with Crippen molar-refractivity contribution in [2.75, 3.05) is 7.05 Å². The number of cyclic esters (lactones) is 1. The number of allylic oxidation sites excluding steroid dienone is 2. The summed E-state index contributed by atoms with van der Waals surface area (Å²) in [5.74, 6) is -1.30. The minimum atomic E-state index is -2.23. The van der Waals surface area contributed by atoms with Crippen LogP contribution in [0.15, 0.2) is 29.8 Å². The molecule has 1 aliphatic heterocycles. The van der Waals surface area contributed by atoms with Gasteiger partial charge in [0.15, 0.2) is 6.04 Å². The summed E-state index contributed by atoms with van der Waals surface area (Å²) in [6.07, 6.45) is 2.12. The summed E-state index contributed by atoms with van der Waals surface area (Å²) >= 11 is 2.29. The van der Waals surface area contributed by atoms with Gasteiger partial charge < -0.3 is 29.4 Å². The molecule has 0 radical (unpaired) electrons. The molecular weight excluding hydrogens is 813 g/mol. The van der Waals surface area contributed by atoms with Crippen molar-refractivity contribution in [1.82, 2.24) is 15.5 Å². The highest BCUT2D eigenvalue weighted by Gasteiger charge is 2.47. The van der Waals surface area contributed by atoms with E-state index in [4.69, 9.17) is 13.9 Å². The molecule has 10 nitrogen and oxygen atoms in total. The van der Waals surface area contributed by atoms with Gasteiger partial charge in [0.2, 0.25) is 17.7 Å². The zero-order valence-corrected chi connectivity index (χ0v) is 39.0. The van der Waals surface area contributed by atoms with Gasteiger partial charge in [-0.2, -0.15) is 0 Å². The number of rotatable bonds is 9. The number of halogens is 1. The average molecular weight is 884 g/mol. The van der Waals surface area contributed by atoms with Crippen LogP contribution >= 0.6 is 22.6 Å². The number of amides is 3. The topological polar surface area (TPSA) is 123 Å². The summed E-state index contributed by atoms with van der Waals surface area (Å²) in [5.41, 5.74) is 2.42. The lowest BCUT2D eigenvalue weighted by Crippen LogP contribution is -2.59. The molecule has 0 saturated carbocycles. The molecule has 0 fully saturated rings. The molecule has 0 spiro atoms. The zero-order valence-electron chi connectivity index (χ0n) is 35.9. The molecule has 1 aromatic carbocycles. The molecule has 306 valence electrons. The van der Waals surface area contributed by atoms with E-state index in [9.17, 15) is 19.2 Å². The van der Waals surface area contributed by atoms with Gasteiger partial charge in [-0.25, -0.2) is 4.79 Å². The van der Waals surface area contributed by atoms with Crippen molar-refractivity contribution < 1.29 is 33.1 Å². The smallest absolute Gasteiger partial charge is 0.331 e. The van der Waals surface area contributed by atoms with Gasteiger partial charge in [-0.1, -0.05) is 73.1 Å². The zero-order chi connectivity index (χ0) is 41.5. The van der Waals surface area contributed by atoms with Crippen LogP contribution in [-0.4, -0.2) is 79.9 Å². The first kappa shape index (κ1) is 47.7. The van der Waals surface area contributed by atoms with Crippen molar-refractivity contribution in [3.8, 4) is 5.75 Å². The number of esters is 1. The van der Waals surface area contributed by atoms with Crippen molar-refractivity contribution in [2.45, 2.75) is 176 Å². The van der Waals surface area contributed by atoms with E-state index in [0.717, 1.165) is 20.5 Å². The molecule has 0 aliphatic carbocycles. The second kappa shape index (κ2) is 20.1. The fraction of sp³-hybridized carbons (Fsp3) is 0.714. The van der Waals surface area contributed by atoms with Crippen molar-refractivity contribution in [1.29, 1.82) is 0 Å². The number of hydrogen-bond donors (Lipinski definition) is 2. The van der Waals surface area contributed by atoms with Crippen LogP contribution in [0.25, 0.3) is 0 Å². The number of nitrogens with one attached hydrogen (secondary N) is 2. The highest BCUT2D eigenvalue weighted by atomic mass is 127. The van der Waals surface area contributed by atoms with Crippen LogP contribution in [0.3, 0.4) is 0 Å². The van der Waals surface area contributed by atoms with Crippen LogP contribution in [0.2, 0.25) is 16.6 Å². The van der Waals surface area contributed by atoms with Crippen molar-refractivity contribution in [2.24, 2.45) is 11.8 Å². The number of carbonyl (C=O) groups is 4. The maximum absolute atomic E-state index is 14.5. The Kier molecular flexibility index (Phi) is 17.8. The molecule has 12 heteroatoms. The van der Waals surface area contributed by atoms with Gasteiger partial charge in [-0.15, -0.1) is 0 Å². The van der Waals surface area contributed by atoms with Crippen LogP contribution < -0.4 is 15.1 Å². The fourth-order valence-electron chi connectivity index (χ4n) is 8.09.